The van der Waals surface area contributed by atoms with Gasteiger partial charge in [-0.25, -0.2) is 59.8 Å². The molecule has 12 nitrogen and oxygen atoms in total. The van der Waals surface area contributed by atoms with Crippen LogP contribution < -0.4 is 0 Å². The third-order valence-electron chi connectivity index (χ3n) is 13.1. The lowest BCUT2D eigenvalue weighted by Gasteiger charge is -2.14. The van der Waals surface area contributed by atoms with E-state index in [-0.39, 0.29) is 0 Å². The van der Waals surface area contributed by atoms with Crippen LogP contribution in [0, 0.1) is 0 Å². The summed E-state index contributed by atoms with van der Waals surface area (Å²) in [6.07, 6.45) is 0. The lowest BCUT2D eigenvalue weighted by atomic mass is 10.1. The number of fused-ring (bicyclic) bond motifs is 21. The Hall–Kier alpha value is -9.42. The summed E-state index contributed by atoms with van der Waals surface area (Å²) in [6, 6.07) is 48.3. The minimum Gasteiger partial charge on any atom is -0.246 e. The van der Waals surface area contributed by atoms with Crippen molar-refractivity contribution in [2.24, 2.45) is 0 Å². The van der Waals surface area contributed by atoms with Crippen LogP contribution in [0.5, 0.6) is 0 Å². The van der Waals surface area contributed by atoms with Gasteiger partial charge < -0.3 is 0 Å². The molecule has 4 aromatic carbocycles. The van der Waals surface area contributed by atoms with Gasteiger partial charge in [-0.3, -0.25) is 0 Å². The van der Waals surface area contributed by atoms with E-state index in [1.54, 1.807) is 0 Å². The number of hydrogen-bond acceptors (Lipinski definition) is 12. The highest BCUT2D eigenvalue weighted by atomic mass is 14.9. The zero-order valence-corrected chi connectivity index (χ0v) is 34.2. The van der Waals surface area contributed by atoms with Gasteiger partial charge in [0.25, 0.3) is 0 Å². The smallest absolute Gasteiger partial charge is 0.120 e. The first-order chi connectivity index (χ1) is 32.6. The molecule has 0 N–H and O–H groups in total. The van der Waals surface area contributed by atoms with Gasteiger partial charge in [-0.15, -0.1) is 0 Å². The molecule has 16 rings (SSSR count). The molecule has 12 heterocycles. The molecular formula is C54H24N12. The van der Waals surface area contributed by atoms with Gasteiger partial charge in [0, 0.05) is 32.3 Å². The molecule has 0 aliphatic carbocycles. The summed E-state index contributed by atoms with van der Waals surface area (Å²) < 4.78 is 0. The fraction of sp³-hybridized carbons (Fsp3) is 0. The molecular weight excluding hydrogens is 817 g/mol. The molecule has 12 aromatic heterocycles. The van der Waals surface area contributed by atoms with E-state index in [0.717, 1.165) is 98.5 Å². The number of pyridine rings is 6. The molecule has 0 unspecified atom stereocenters. The number of nitrogens with zero attached hydrogens (tertiary/aromatic N) is 12. The second kappa shape index (κ2) is 12.2. The SMILES string of the molecule is c1cc2nc(c1)c1ccc3c4cccc(n4)c4cccc(n4)c4ccc5c6cccc(n6)c6cccc(n6)c6ccc(c7cccc2n7)c2nc7c8nc1c3nc8c1nc4c5nc1c7nc62. The maximum atomic E-state index is 5.64. The quantitative estimate of drug-likeness (QED) is 0.105. The molecule has 0 saturated heterocycles. The zero-order chi connectivity index (χ0) is 42.8. The first-order valence-corrected chi connectivity index (χ1v) is 21.6. The van der Waals surface area contributed by atoms with Crippen LogP contribution in [-0.4, -0.2) is 59.8 Å². The van der Waals surface area contributed by atoms with Gasteiger partial charge in [0.2, 0.25) is 0 Å². The van der Waals surface area contributed by atoms with Crippen molar-refractivity contribution in [1.82, 2.24) is 59.8 Å². The van der Waals surface area contributed by atoms with E-state index in [4.69, 9.17) is 59.8 Å². The summed E-state index contributed by atoms with van der Waals surface area (Å²) in [5, 5.41) is 4.76. The highest BCUT2D eigenvalue weighted by Crippen LogP contribution is 2.39. The molecule has 0 amide bonds. The molecule has 24 bridgehead atoms. The van der Waals surface area contributed by atoms with E-state index >= 15 is 0 Å². The Morgan fingerprint density at radius 2 is 0.288 bits per heavy atom. The molecule has 0 aliphatic heterocycles. The predicted molar refractivity (Wildman–Crippen MR) is 263 cm³/mol. The second-order valence-corrected chi connectivity index (χ2v) is 16.8. The molecule has 300 valence electrons. The number of rotatable bonds is 0. The van der Waals surface area contributed by atoms with E-state index in [9.17, 15) is 0 Å². The van der Waals surface area contributed by atoms with E-state index in [1.807, 2.05) is 109 Å². The zero-order valence-electron chi connectivity index (χ0n) is 34.2. The standard InChI is InChI=1S/C54H24N12/c1-7-31-25-19-20-26-33-9-3-15-39(57-33)40-16-5-11-35(59-40)29-23-24-30-36-12-6-18-42(60-36)41-17-4-10-34(58-41)28-22-21-27(32-8-2-14-38(56-32)37(13-1)55-31)45-46(28)64-53-51(63-45)49-50(62-44(26)43(25)61-49)52-54(53)66-48(30)47(29)65-52/h1-24H. The van der Waals surface area contributed by atoms with Crippen LogP contribution in [0.15, 0.2) is 146 Å². The maximum absolute atomic E-state index is 5.64. The van der Waals surface area contributed by atoms with Gasteiger partial charge in [-0.05, 0) is 109 Å². The maximum Gasteiger partial charge on any atom is 0.120 e. The van der Waals surface area contributed by atoms with Crippen molar-refractivity contribution in [3.8, 4) is 0 Å². The molecule has 0 radical (unpaired) electrons. The van der Waals surface area contributed by atoms with Crippen LogP contribution in [0.25, 0.3) is 165 Å². The molecule has 66 heavy (non-hydrogen) atoms. The van der Waals surface area contributed by atoms with Crippen molar-refractivity contribution in [2.45, 2.75) is 0 Å². The first-order valence-electron chi connectivity index (χ1n) is 21.6. The minimum absolute atomic E-state index is 0.528. The van der Waals surface area contributed by atoms with Crippen molar-refractivity contribution < 1.29 is 0 Å². The van der Waals surface area contributed by atoms with Crippen molar-refractivity contribution in [2.75, 3.05) is 0 Å². The Morgan fingerprint density at radius 1 is 0.136 bits per heavy atom. The average molecular weight is 841 g/mol. The van der Waals surface area contributed by atoms with Crippen molar-refractivity contribution in [3.05, 3.63) is 146 Å². The first kappa shape index (κ1) is 34.1. The largest absolute Gasteiger partial charge is 0.246 e. The number of aromatic nitrogens is 12. The third kappa shape index (κ3) is 4.55. The minimum atomic E-state index is 0.528. The van der Waals surface area contributed by atoms with Gasteiger partial charge in [0.15, 0.2) is 0 Å². The lowest BCUT2D eigenvalue weighted by molar-refractivity contribution is 1.35. The molecule has 0 saturated carbocycles. The lowest BCUT2D eigenvalue weighted by Crippen LogP contribution is -2.01. The van der Waals surface area contributed by atoms with Crippen LogP contribution in [0.3, 0.4) is 0 Å². The van der Waals surface area contributed by atoms with Crippen LogP contribution in [-0.2, 0) is 0 Å². The van der Waals surface area contributed by atoms with E-state index < -0.39 is 0 Å². The van der Waals surface area contributed by atoms with Crippen molar-refractivity contribution >= 4 is 165 Å². The summed E-state index contributed by atoms with van der Waals surface area (Å²) in [5.41, 5.74) is 15.6. The van der Waals surface area contributed by atoms with Gasteiger partial charge in [-0.2, -0.15) is 0 Å². The predicted octanol–water partition coefficient (Wildman–Crippen LogP) is 11.7. The van der Waals surface area contributed by atoms with Gasteiger partial charge in [0.05, 0.1) is 99.3 Å². The molecule has 0 fully saturated rings. The second-order valence-electron chi connectivity index (χ2n) is 16.8. The Morgan fingerprint density at radius 3 is 0.455 bits per heavy atom. The van der Waals surface area contributed by atoms with Crippen molar-refractivity contribution in [1.29, 1.82) is 0 Å². The van der Waals surface area contributed by atoms with Gasteiger partial charge >= 0.3 is 0 Å². The van der Waals surface area contributed by atoms with Gasteiger partial charge in [0.1, 0.15) is 33.1 Å². The highest BCUT2D eigenvalue weighted by molar-refractivity contribution is 6.27. The van der Waals surface area contributed by atoms with Crippen molar-refractivity contribution in [3.63, 3.8) is 0 Å². The van der Waals surface area contributed by atoms with Gasteiger partial charge in [-0.1, -0.05) is 36.4 Å². The van der Waals surface area contributed by atoms with Crippen LogP contribution in [0.4, 0.5) is 0 Å². The molecule has 0 aliphatic rings. The number of benzene rings is 4. The highest BCUT2D eigenvalue weighted by Gasteiger charge is 2.23. The molecule has 12 heteroatoms. The Kier molecular flexibility index (Phi) is 6.30. The van der Waals surface area contributed by atoms with Crippen LogP contribution in [0.1, 0.15) is 0 Å². The van der Waals surface area contributed by atoms with E-state index in [2.05, 4.69) is 36.4 Å². The fourth-order valence-electron chi connectivity index (χ4n) is 10.0. The number of hydrogen-bond donors (Lipinski definition) is 0. The van der Waals surface area contributed by atoms with E-state index in [0.29, 0.717) is 66.2 Å². The van der Waals surface area contributed by atoms with Crippen LogP contribution >= 0.6 is 0 Å². The normalized spacial score (nSPS) is 12.5. The summed E-state index contributed by atoms with van der Waals surface area (Å²) in [7, 11) is 0. The molecule has 0 atom stereocenters. The summed E-state index contributed by atoms with van der Waals surface area (Å²) >= 11 is 0. The summed E-state index contributed by atoms with van der Waals surface area (Å²) in [5.74, 6) is 0. The Labute approximate surface area is 368 Å². The average Bonchev–Trinajstić information content (AvgIpc) is 3.38. The topological polar surface area (TPSA) is 155 Å². The van der Waals surface area contributed by atoms with E-state index in [1.165, 1.54) is 0 Å². The Balaban J connectivity index is 1.30. The van der Waals surface area contributed by atoms with Crippen LogP contribution in [0.2, 0.25) is 0 Å². The fourth-order valence-corrected chi connectivity index (χ4v) is 10.0. The summed E-state index contributed by atoms with van der Waals surface area (Å²) in [4.78, 5) is 65.4. The molecule has 0 spiro atoms. The monoisotopic (exact) mass is 840 g/mol. The third-order valence-corrected chi connectivity index (χ3v) is 13.1. The molecule has 16 aromatic rings. The Bertz CT molecular complexity index is 4130. The summed E-state index contributed by atoms with van der Waals surface area (Å²) in [6.45, 7) is 0.